The van der Waals surface area contributed by atoms with Crippen LogP contribution in [0.3, 0.4) is 0 Å². The molecule has 6 heteroatoms. The lowest BCUT2D eigenvalue weighted by Crippen LogP contribution is -2.44. The summed E-state index contributed by atoms with van der Waals surface area (Å²) in [6.07, 6.45) is -0.684. The van der Waals surface area contributed by atoms with E-state index in [1.165, 1.54) is 0 Å². The SMILES string of the molecule is CC(C)(C)OC(=O)N[C@H](Cc1ccc(CF)cc1)C(=O)O. The maximum atomic E-state index is 12.4. The van der Waals surface area contributed by atoms with Crippen LogP contribution in [0.2, 0.25) is 0 Å². The Balaban J connectivity index is 2.69. The number of alkyl carbamates (subject to hydrolysis) is 1. The number of amides is 1. The van der Waals surface area contributed by atoms with Gasteiger partial charge in [0.2, 0.25) is 0 Å². The van der Waals surface area contributed by atoms with Crippen LogP contribution in [0, 0.1) is 0 Å². The summed E-state index contributed by atoms with van der Waals surface area (Å²) in [4.78, 5) is 22.8. The normalized spacial score (nSPS) is 12.6. The number of rotatable bonds is 5. The van der Waals surface area contributed by atoms with Gasteiger partial charge in [0.1, 0.15) is 18.3 Å². The summed E-state index contributed by atoms with van der Waals surface area (Å²) in [5.41, 5.74) is 0.511. The molecule has 0 aliphatic rings. The topological polar surface area (TPSA) is 75.6 Å². The van der Waals surface area contributed by atoms with Gasteiger partial charge in [0.25, 0.3) is 0 Å². The van der Waals surface area contributed by atoms with Crippen molar-refractivity contribution in [3.8, 4) is 0 Å². The van der Waals surface area contributed by atoms with Gasteiger partial charge in [-0.3, -0.25) is 0 Å². The first-order valence-electron chi connectivity index (χ1n) is 6.57. The van der Waals surface area contributed by atoms with E-state index in [2.05, 4.69) is 5.32 Å². The fourth-order valence-corrected chi connectivity index (χ4v) is 1.65. The van der Waals surface area contributed by atoms with Crippen LogP contribution in [-0.4, -0.2) is 28.8 Å². The Labute approximate surface area is 123 Å². The van der Waals surface area contributed by atoms with Crippen LogP contribution in [-0.2, 0) is 22.6 Å². The van der Waals surface area contributed by atoms with Gasteiger partial charge in [0.15, 0.2) is 0 Å². The molecule has 1 atom stereocenters. The second kappa shape index (κ2) is 7.06. The molecule has 0 aliphatic carbocycles. The van der Waals surface area contributed by atoms with Gasteiger partial charge in [-0.25, -0.2) is 14.0 Å². The molecule has 1 rings (SSSR count). The predicted molar refractivity (Wildman–Crippen MR) is 75.8 cm³/mol. The highest BCUT2D eigenvalue weighted by atomic mass is 19.1. The first-order chi connectivity index (χ1) is 9.71. The molecule has 5 nitrogen and oxygen atoms in total. The van der Waals surface area contributed by atoms with E-state index in [9.17, 15) is 14.0 Å². The number of ether oxygens (including phenoxy) is 1. The fourth-order valence-electron chi connectivity index (χ4n) is 1.65. The van der Waals surface area contributed by atoms with Gasteiger partial charge in [-0.2, -0.15) is 0 Å². The number of benzene rings is 1. The summed E-state index contributed by atoms with van der Waals surface area (Å²) < 4.78 is 17.4. The molecule has 0 radical (unpaired) electrons. The number of carbonyl (C=O) groups is 2. The minimum absolute atomic E-state index is 0.0984. The minimum atomic E-state index is -1.16. The third-order valence-corrected chi connectivity index (χ3v) is 2.61. The summed E-state index contributed by atoms with van der Waals surface area (Å²) in [7, 11) is 0. The smallest absolute Gasteiger partial charge is 0.408 e. The molecule has 0 unspecified atom stereocenters. The maximum absolute atomic E-state index is 12.4. The number of hydrogen-bond donors (Lipinski definition) is 2. The van der Waals surface area contributed by atoms with Gasteiger partial charge >= 0.3 is 12.1 Å². The molecule has 0 aliphatic heterocycles. The molecule has 0 fully saturated rings. The van der Waals surface area contributed by atoms with E-state index in [-0.39, 0.29) is 6.42 Å². The molecule has 0 heterocycles. The number of halogens is 1. The molecular weight excluding hydrogens is 277 g/mol. The second-order valence-electron chi connectivity index (χ2n) is 5.69. The number of hydrogen-bond acceptors (Lipinski definition) is 3. The second-order valence-corrected chi connectivity index (χ2v) is 5.69. The van der Waals surface area contributed by atoms with Crippen molar-refractivity contribution < 1.29 is 23.8 Å². The van der Waals surface area contributed by atoms with E-state index in [0.29, 0.717) is 11.1 Å². The highest BCUT2D eigenvalue weighted by Gasteiger charge is 2.24. The molecule has 0 spiro atoms. The number of carbonyl (C=O) groups excluding carboxylic acids is 1. The Bertz CT molecular complexity index is 493. The first kappa shape index (κ1) is 16.9. The van der Waals surface area contributed by atoms with E-state index in [1.807, 2.05) is 0 Å². The van der Waals surface area contributed by atoms with Crippen molar-refractivity contribution in [3.05, 3.63) is 35.4 Å². The van der Waals surface area contributed by atoms with Crippen molar-refractivity contribution in [2.75, 3.05) is 0 Å². The molecule has 0 bridgehead atoms. The number of carboxylic acids is 1. The van der Waals surface area contributed by atoms with Gasteiger partial charge in [0.05, 0.1) is 0 Å². The van der Waals surface area contributed by atoms with Crippen LogP contribution in [0.25, 0.3) is 0 Å². The van der Waals surface area contributed by atoms with Crippen molar-refractivity contribution in [2.45, 2.75) is 45.5 Å². The molecule has 0 aromatic heterocycles. The van der Waals surface area contributed by atoms with Gasteiger partial charge in [-0.15, -0.1) is 0 Å². The Kier molecular flexibility index (Phi) is 5.69. The monoisotopic (exact) mass is 297 g/mol. The molecule has 1 aromatic rings. The van der Waals surface area contributed by atoms with Crippen molar-refractivity contribution in [2.24, 2.45) is 0 Å². The number of alkyl halides is 1. The standard InChI is InChI=1S/C15H20FNO4/c1-15(2,3)21-14(20)17-12(13(18)19)8-10-4-6-11(9-16)7-5-10/h4-7,12H,8-9H2,1-3H3,(H,17,20)(H,18,19)/t12-/m1/s1. The highest BCUT2D eigenvalue weighted by molar-refractivity contribution is 5.80. The van der Waals surface area contributed by atoms with Crippen molar-refractivity contribution in [3.63, 3.8) is 0 Å². The minimum Gasteiger partial charge on any atom is -0.480 e. The molecule has 21 heavy (non-hydrogen) atoms. The molecule has 116 valence electrons. The van der Waals surface area contributed by atoms with Gasteiger partial charge < -0.3 is 15.2 Å². The average Bonchev–Trinajstić information content (AvgIpc) is 2.36. The summed E-state index contributed by atoms with van der Waals surface area (Å²) >= 11 is 0. The summed E-state index contributed by atoms with van der Waals surface area (Å²) in [5.74, 6) is -1.16. The maximum Gasteiger partial charge on any atom is 0.408 e. The van der Waals surface area contributed by atoms with Crippen LogP contribution in [0.15, 0.2) is 24.3 Å². The van der Waals surface area contributed by atoms with Crippen molar-refractivity contribution in [1.82, 2.24) is 5.32 Å². The molecule has 0 saturated carbocycles. The van der Waals surface area contributed by atoms with Crippen LogP contribution in [0.4, 0.5) is 9.18 Å². The number of nitrogens with one attached hydrogen (secondary N) is 1. The van der Waals surface area contributed by atoms with Gasteiger partial charge in [-0.05, 0) is 31.9 Å². The fraction of sp³-hybridized carbons (Fsp3) is 0.467. The van der Waals surface area contributed by atoms with Gasteiger partial charge in [0, 0.05) is 6.42 Å². The summed E-state index contributed by atoms with van der Waals surface area (Å²) in [6.45, 7) is 4.51. The van der Waals surface area contributed by atoms with Crippen LogP contribution in [0.5, 0.6) is 0 Å². The first-order valence-corrected chi connectivity index (χ1v) is 6.57. The summed E-state index contributed by atoms with van der Waals surface area (Å²) in [6, 6.07) is 5.35. The van der Waals surface area contributed by atoms with Crippen LogP contribution < -0.4 is 5.32 Å². The van der Waals surface area contributed by atoms with E-state index in [0.717, 1.165) is 0 Å². The van der Waals surface area contributed by atoms with E-state index >= 15 is 0 Å². The highest BCUT2D eigenvalue weighted by Crippen LogP contribution is 2.10. The zero-order valence-corrected chi connectivity index (χ0v) is 12.4. The van der Waals surface area contributed by atoms with Crippen LogP contribution >= 0.6 is 0 Å². The molecule has 1 aromatic carbocycles. The molecular formula is C15H20FNO4. The lowest BCUT2D eigenvalue weighted by Gasteiger charge is -2.22. The lowest BCUT2D eigenvalue weighted by atomic mass is 10.0. The van der Waals surface area contributed by atoms with E-state index < -0.39 is 30.4 Å². The zero-order valence-electron chi connectivity index (χ0n) is 12.4. The molecule has 2 N–H and O–H groups in total. The third-order valence-electron chi connectivity index (χ3n) is 2.61. The Morgan fingerprint density at radius 3 is 2.19 bits per heavy atom. The van der Waals surface area contributed by atoms with Crippen LogP contribution in [0.1, 0.15) is 31.9 Å². The average molecular weight is 297 g/mol. The van der Waals surface area contributed by atoms with Crippen molar-refractivity contribution in [1.29, 1.82) is 0 Å². The van der Waals surface area contributed by atoms with E-state index in [4.69, 9.17) is 9.84 Å². The molecule has 0 saturated heterocycles. The number of carboxylic acid groups (broad SMARTS) is 1. The largest absolute Gasteiger partial charge is 0.480 e. The zero-order chi connectivity index (χ0) is 16.0. The van der Waals surface area contributed by atoms with Gasteiger partial charge in [-0.1, -0.05) is 24.3 Å². The Morgan fingerprint density at radius 2 is 1.76 bits per heavy atom. The Hall–Kier alpha value is -2.11. The van der Waals surface area contributed by atoms with E-state index in [1.54, 1.807) is 45.0 Å². The number of aliphatic carboxylic acids is 1. The lowest BCUT2D eigenvalue weighted by molar-refractivity contribution is -0.139. The van der Waals surface area contributed by atoms with Crippen molar-refractivity contribution >= 4 is 12.1 Å². The Morgan fingerprint density at radius 1 is 1.24 bits per heavy atom. The predicted octanol–water partition coefficient (Wildman–Crippen LogP) is 2.68. The summed E-state index contributed by atoms with van der Waals surface area (Å²) in [5, 5.41) is 11.5. The third kappa shape index (κ3) is 6.25. The molecule has 1 amide bonds. The quantitative estimate of drug-likeness (QED) is 0.876.